The number of amides is 3. The molecule has 0 fully saturated rings. The number of primary amides is 1. The highest BCUT2D eigenvalue weighted by atomic mass is 32.1. The molecule has 3 rings (SSSR count). The molecule has 0 saturated heterocycles. The van der Waals surface area contributed by atoms with E-state index in [1.54, 1.807) is 0 Å². The van der Waals surface area contributed by atoms with Crippen molar-refractivity contribution in [2.24, 2.45) is 16.3 Å². The lowest BCUT2D eigenvalue weighted by Gasteiger charge is -2.29. The highest BCUT2D eigenvalue weighted by Crippen LogP contribution is 2.39. The maximum atomic E-state index is 12.7. The Hall–Kier alpha value is -2.68. The van der Waals surface area contributed by atoms with Crippen LogP contribution in [-0.2, 0) is 6.42 Å². The summed E-state index contributed by atoms with van der Waals surface area (Å²) in [6.45, 7) is 9.82. The number of hydrogen-bond donors (Lipinski definition) is 3. The van der Waals surface area contributed by atoms with E-state index in [1.165, 1.54) is 11.3 Å². The van der Waals surface area contributed by atoms with E-state index in [1.807, 2.05) is 20.8 Å². The fourth-order valence-corrected chi connectivity index (χ4v) is 4.04. The Morgan fingerprint density at radius 2 is 1.96 bits per heavy atom. The van der Waals surface area contributed by atoms with Gasteiger partial charge in [-0.2, -0.15) is 5.10 Å². The van der Waals surface area contributed by atoms with E-state index in [0.717, 1.165) is 16.1 Å². The third-order valence-corrected chi connectivity index (χ3v) is 5.54. The number of nitrogens with zero attached hydrogens (tertiary/aromatic N) is 2. The SMILES string of the molecule is Cc1nc(NC(=O)c2oc3c(c2C)/C(=N\NC(N)=O)CC(C)(C)C3)sc1C. The average Bonchev–Trinajstić information content (AvgIpc) is 3.03. The summed E-state index contributed by atoms with van der Waals surface area (Å²) in [7, 11) is 0. The van der Waals surface area contributed by atoms with Crippen LogP contribution in [0.5, 0.6) is 0 Å². The lowest BCUT2D eigenvalue weighted by atomic mass is 9.75. The van der Waals surface area contributed by atoms with Gasteiger partial charge in [0.2, 0.25) is 0 Å². The van der Waals surface area contributed by atoms with Crippen molar-refractivity contribution < 1.29 is 14.0 Å². The van der Waals surface area contributed by atoms with E-state index in [2.05, 4.69) is 34.7 Å². The maximum Gasteiger partial charge on any atom is 0.332 e. The molecule has 0 aliphatic heterocycles. The van der Waals surface area contributed by atoms with Crippen molar-refractivity contribution in [1.82, 2.24) is 10.4 Å². The zero-order valence-electron chi connectivity index (χ0n) is 16.0. The van der Waals surface area contributed by atoms with Crippen molar-refractivity contribution in [3.63, 3.8) is 0 Å². The summed E-state index contributed by atoms with van der Waals surface area (Å²) in [5, 5.41) is 7.48. The molecule has 8 nitrogen and oxygen atoms in total. The lowest BCUT2D eigenvalue weighted by Crippen LogP contribution is -2.31. The van der Waals surface area contributed by atoms with Gasteiger partial charge >= 0.3 is 6.03 Å². The number of furan rings is 1. The summed E-state index contributed by atoms with van der Waals surface area (Å²) in [5.41, 5.74) is 10.3. The fourth-order valence-electron chi connectivity index (χ4n) is 3.23. The monoisotopic (exact) mass is 389 g/mol. The summed E-state index contributed by atoms with van der Waals surface area (Å²) in [4.78, 5) is 29.2. The van der Waals surface area contributed by atoms with Gasteiger partial charge in [-0.3, -0.25) is 10.1 Å². The van der Waals surface area contributed by atoms with Crippen molar-refractivity contribution >= 4 is 34.1 Å². The number of anilines is 1. The number of urea groups is 1. The number of hydrogen-bond acceptors (Lipinski definition) is 6. The van der Waals surface area contributed by atoms with Gasteiger partial charge in [-0.05, 0) is 32.6 Å². The van der Waals surface area contributed by atoms with E-state index in [-0.39, 0.29) is 17.1 Å². The van der Waals surface area contributed by atoms with Gasteiger partial charge in [0, 0.05) is 22.4 Å². The van der Waals surface area contributed by atoms with E-state index in [9.17, 15) is 9.59 Å². The predicted molar refractivity (Wildman–Crippen MR) is 104 cm³/mol. The van der Waals surface area contributed by atoms with Crippen LogP contribution in [0.2, 0.25) is 0 Å². The second-order valence-electron chi connectivity index (χ2n) is 7.52. The summed E-state index contributed by atoms with van der Waals surface area (Å²) in [5.74, 6) is 0.566. The van der Waals surface area contributed by atoms with Gasteiger partial charge in [-0.15, -0.1) is 11.3 Å². The van der Waals surface area contributed by atoms with Crippen molar-refractivity contribution in [1.29, 1.82) is 0 Å². The van der Waals surface area contributed by atoms with E-state index >= 15 is 0 Å². The number of hydrazone groups is 1. The first-order chi connectivity index (χ1) is 12.6. The molecule has 2 aromatic heterocycles. The van der Waals surface area contributed by atoms with Gasteiger partial charge in [0.25, 0.3) is 5.91 Å². The largest absolute Gasteiger partial charge is 0.455 e. The van der Waals surface area contributed by atoms with Gasteiger partial charge in [-0.1, -0.05) is 13.8 Å². The molecule has 0 saturated carbocycles. The molecule has 9 heteroatoms. The zero-order valence-corrected chi connectivity index (χ0v) is 16.8. The lowest BCUT2D eigenvalue weighted by molar-refractivity contribution is 0.0993. The van der Waals surface area contributed by atoms with Crippen LogP contribution in [0.4, 0.5) is 9.93 Å². The molecule has 0 radical (unpaired) electrons. The number of aryl methyl sites for hydroxylation is 2. The number of carbonyl (C=O) groups excluding carboxylic acids is 2. The van der Waals surface area contributed by atoms with Gasteiger partial charge < -0.3 is 10.2 Å². The minimum absolute atomic E-state index is 0.118. The topological polar surface area (TPSA) is 123 Å². The van der Waals surface area contributed by atoms with Crippen LogP contribution in [0.1, 0.15) is 58.3 Å². The van der Waals surface area contributed by atoms with Crippen molar-refractivity contribution in [3.05, 3.63) is 33.2 Å². The average molecular weight is 389 g/mol. The van der Waals surface area contributed by atoms with Crippen LogP contribution in [0.15, 0.2) is 9.52 Å². The van der Waals surface area contributed by atoms with Gasteiger partial charge in [0.05, 0.1) is 11.4 Å². The first kappa shape index (κ1) is 19.1. The number of nitrogens with two attached hydrogens (primary N) is 1. The Balaban J connectivity index is 1.96. The van der Waals surface area contributed by atoms with Gasteiger partial charge in [-0.25, -0.2) is 15.2 Å². The molecular weight excluding hydrogens is 366 g/mol. The molecule has 27 heavy (non-hydrogen) atoms. The second kappa shape index (κ2) is 6.80. The van der Waals surface area contributed by atoms with E-state index < -0.39 is 6.03 Å². The third kappa shape index (κ3) is 3.87. The third-order valence-electron chi connectivity index (χ3n) is 4.55. The normalized spacial score (nSPS) is 16.9. The molecule has 0 atom stereocenters. The molecule has 2 aromatic rings. The van der Waals surface area contributed by atoms with Crippen molar-refractivity contribution in [2.45, 2.75) is 47.5 Å². The number of fused-ring (bicyclic) bond motifs is 1. The molecule has 0 spiro atoms. The van der Waals surface area contributed by atoms with Crippen molar-refractivity contribution in [2.75, 3.05) is 5.32 Å². The maximum absolute atomic E-state index is 12.7. The van der Waals surface area contributed by atoms with Crippen LogP contribution in [0.25, 0.3) is 0 Å². The highest BCUT2D eigenvalue weighted by Gasteiger charge is 2.36. The summed E-state index contributed by atoms with van der Waals surface area (Å²) >= 11 is 1.42. The zero-order chi connectivity index (χ0) is 19.9. The molecule has 4 N–H and O–H groups in total. The fraction of sp³-hybridized carbons (Fsp3) is 0.444. The second-order valence-corrected chi connectivity index (χ2v) is 8.72. The van der Waals surface area contributed by atoms with Crippen LogP contribution in [0, 0.1) is 26.2 Å². The number of nitrogens with one attached hydrogen (secondary N) is 2. The first-order valence-electron chi connectivity index (χ1n) is 8.57. The first-order valence-corrected chi connectivity index (χ1v) is 9.39. The molecular formula is C18H23N5O3S. The van der Waals surface area contributed by atoms with E-state index in [4.69, 9.17) is 10.2 Å². The number of rotatable bonds is 3. The molecule has 0 bridgehead atoms. The summed E-state index contributed by atoms with van der Waals surface area (Å²) in [6.07, 6.45) is 1.30. The quantitative estimate of drug-likeness (QED) is 0.697. The van der Waals surface area contributed by atoms with Crippen molar-refractivity contribution in [3.8, 4) is 0 Å². The van der Waals surface area contributed by atoms with Gasteiger partial charge in [0.1, 0.15) is 5.76 Å². The Bertz CT molecular complexity index is 935. The highest BCUT2D eigenvalue weighted by molar-refractivity contribution is 7.15. The molecule has 1 aliphatic rings. The summed E-state index contributed by atoms with van der Waals surface area (Å²) in [6, 6.07) is -0.735. The molecule has 3 amide bonds. The predicted octanol–water partition coefficient (Wildman–Crippen LogP) is 3.26. The molecule has 0 aromatic carbocycles. The Kier molecular flexibility index (Phi) is 4.81. The van der Waals surface area contributed by atoms with Crippen LogP contribution in [-0.4, -0.2) is 22.6 Å². The van der Waals surface area contributed by atoms with Crippen LogP contribution < -0.4 is 16.5 Å². The molecule has 1 aliphatic carbocycles. The molecule has 0 unspecified atom stereocenters. The number of thiazole rings is 1. The number of aromatic nitrogens is 1. The minimum Gasteiger partial charge on any atom is -0.455 e. The van der Waals surface area contributed by atoms with Gasteiger partial charge in [0.15, 0.2) is 10.9 Å². The van der Waals surface area contributed by atoms with E-state index in [0.29, 0.717) is 35.0 Å². The number of carbonyl (C=O) groups is 2. The Morgan fingerprint density at radius 3 is 2.56 bits per heavy atom. The molecule has 2 heterocycles. The minimum atomic E-state index is -0.735. The smallest absolute Gasteiger partial charge is 0.332 e. The Labute approximate surface area is 161 Å². The van der Waals surface area contributed by atoms with Crippen LogP contribution in [0.3, 0.4) is 0 Å². The summed E-state index contributed by atoms with van der Waals surface area (Å²) < 4.78 is 5.92. The Morgan fingerprint density at radius 1 is 1.26 bits per heavy atom. The van der Waals surface area contributed by atoms with Crippen LogP contribution >= 0.6 is 11.3 Å². The molecule has 144 valence electrons. The standard InChI is InChI=1S/C18H23N5O3S/c1-8-13-11(22-23-16(19)25)6-18(4,5)7-12(13)26-14(8)15(24)21-17-20-9(2)10(3)27-17/h6-7H2,1-5H3,(H3,19,23,25)(H,20,21,24)/b22-11-.